The normalized spacial score (nSPS) is 12.3. The van der Waals surface area contributed by atoms with E-state index in [1.807, 2.05) is 24.3 Å². The van der Waals surface area contributed by atoms with Gasteiger partial charge in [-0.1, -0.05) is 49.2 Å². The zero-order valence-electron chi connectivity index (χ0n) is 14.4. The molecule has 1 amide bonds. The molecule has 0 aliphatic heterocycles. The maximum absolute atomic E-state index is 13.6. The van der Waals surface area contributed by atoms with Gasteiger partial charge in [-0.2, -0.15) is 0 Å². The van der Waals surface area contributed by atoms with Gasteiger partial charge in [0.1, 0.15) is 5.82 Å². The highest BCUT2D eigenvalue weighted by Crippen LogP contribution is 2.28. The number of hydrogen-bond donors (Lipinski definition) is 2. The van der Waals surface area contributed by atoms with Crippen LogP contribution in [0, 0.1) is 5.82 Å². The largest absolute Gasteiger partial charge is 0.325 e. The standard InChI is InChI=1S/C19H21Cl2FN2O/c1-11(2)13-4-6-14(7-5-13)24-19(25)10-23-12(3)15-8-18(22)17(21)9-16(15)20/h4-9,11-12,23H,10H2,1-3H3,(H,24,25)/t12-/m0/s1. The predicted molar refractivity (Wildman–Crippen MR) is 102 cm³/mol. The molecule has 2 N–H and O–H groups in total. The number of carbonyl (C=O) groups is 1. The van der Waals surface area contributed by atoms with Crippen molar-refractivity contribution in [3.8, 4) is 0 Å². The van der Waals surface area contributed by atoms with Gasteiger partial charge in [-0.25, -0.2) is 4.39 Å². The molecule has 0 spiro atoms. The van der Waals surface area contributed by atoms with Gasteiger partial charge in [-0.05, 0) is 48.2 Å². The summed E-state index contributed by atoms with van der Waals surface area (Å²) in [6.07, 6.45) is 0. The number of halogens is 3. The second-order valence-electron chi connectivity index (χ2n) is 6.22. The molecule has 0 radical (unpaired) electrons. The minimum atomic E-state index is -0.538. The van der Waals surface area contributed by atoms with Crippen LogP contribution in [-0.4, -0.2) is 12.5 Å². The van der Waals surface area contributed by atoms with Crippen molar-refractivity contribution in [1.82, 2.24) is 5.32 Å². The first-order valence-corrected chi connectivity index (χ1v) is 8.81. The summed E-state index contributed by atoms with van der Waals surface area (Å²) >= 11 is 11.8. The van der Waals surface area contributed by atoms with Crippen LogP contribution in [0.4, 0.5) is 10.1 Å². The zero-order valence-corrected chi connectivity index (χ0v) is 15.9. The van der Waals surface area contributed by atoms with Gasteiger partial charge in [0, 0.05) is 16.8 Å². The van der Waals surface area contributed by atoms with E-state index in [2.05, 4.69) is 24.5 Å². The summed E-state index contributed by atoms with van der Waals surface area (Å²) in [6, 6.07) is 10.1. The third-order valence-corrected chi connectivity index (χ3v) is 4.55. The fraction of sp³-hybridized carbons (Fsp3) is 0.316. The van der Waals surface area contributed by atoms with Gasteiger partial charge in [-0.15, -0.1) is 0 Å². The van der Waals surface area contributed by atoms with Crippen molar-refractivity contribution in [3.63, 3.8) is 0 Å². The van der Waals surface area contributed by atoms with E-state index in [1.165, 1.54) is 17.7 Å². The Morgan fingerprint density at radius 2 is 1.72 bits per heavy atom. The highest BCUT2D eigenvalue weighted by atomic mass is 35.5. The van der Waals surface area contributed by atoms with Crippen molar-refractivity contribution < 1.29 is 9.18 Å². The van der Waals surface area contributed by atoms with Gasteiger partial charge < -0.3 is 10.6 Å². The Morgan fingerprint density at radius 1 is 1.08 bits per heavy atom. The summed E-state index contributed by atoms with van der Waals surface area (Å²) in [6.45, 7) is 6.11. The van der Waals surface area contributed by atoms with Crippen LogP contribution in [0.5, 0.6) is 0 Å². The lowest BCUT2D eigenvalue weighted by molar-refractivity contribution is -0.115. The summed E-state index contributed by atoms with van der Waals surface area (Å²) in [5.74, 6) is -0.282. The number of carbonyl (C=O) groups excluding carboxylic acids is 1. The Labute approximate surface area is 157 Å². The number of nitrogens with one attached hydrogen (secondary N) is 2. The smallest absolute Gasteiger partial charge is 0.238 e. The average Bonchev–Trinajstić information content (AvgIpc) is 2.56. The van der Waals surface area contributed by atoms with Crippen LogP contribution in [-0.2, 0) is 4.79 Å². The second kappa shape index (κ2) is 8.65. The first-order chi connectivity index (χ1) is 11.8. The van der Waals surface area contributed by atoms with Crippen molar-refractivity contribution in [3.05, 3.63) is 63.4 Å². The van der Waals surface area contributed by atoms with Crippen LogP contribution in [0.25, 0.3) is 0 Å². The molecule has 0 heterocycles. The Hall–Kier alpha value is -1.62. The molecule has 2 rings (SSSR count). The fourth-order valence-corrected chi connectivity index (χ4v) is 2.93. The summed E-state index contributed by atoms with van der Waals surface area (Å²) in [7, 11) is 0. The maximum Gasteiger partial charge on any atom is 0.238 e. The van der Waals surface area contributed by atoms with E-state index >= 15 is 0 Å². The number of rotatable bonds is 6. The molecular weight excluding hydrogens is 362 g/mol. The number of amides is 1. The SMILES string of the molecule is CC(C)c1ccc(NC(=O)CN[C@@H](C)c2cc(F)c(Cl)cc2Cl)cc1. The van der Waals surface area contributed by atoms with Crippen LogP contribution in [0.2, 0.25) is 10.0 Å². The van der Waals surface area contributed by atoms with Gasteiger partial charge in [0.25, 0.3) is 0 Å². The molecule has 0 bridgehead atoms. The summed E-state index contributed by atoms with van der Waals surface area (Å²) in [5.41, 5.74) is 2.50. The van der Waals surface area contributed by atoms with E-state index in [4.69, 9.17) is 23.2 Å². The molecular formula is C19H21Cl2FN2O. The first kappa shape index (κ1) is 19.7. The topological polar surface area (TPSA) is 41.1 Å². The van der Waals surface area contributed by atoms with Gasteiger partial charge >= 0.3 is 0 Å². The molecule has 0 fully saturated rings. The molecule has 1 atom stereocenters. The molecule has 0 aromatic heterocycles. The Morgan fingerprint density at radius 3 is 2.32 bits per heavy atom. The minimum absolute atomic E-state index is 0.0245. The maximum atomic E-state index is 13.6. The van der Waals surface area contributed by atoms with Crippen molar-refractivity contribution in [2.24, 2.45) is 0 Å². The summed E-state index contributed by atoms with van der Waals surface area (Å²) in [5, 5.41) is 6.18. The quantitative estimate of drug-likeness (QED) is 0.643. The van der Waals surface area contributed by atoms with Crippen molar-refractivity contribution in [2.75, 3.05) is 11.9 Å². The van der Waals surface area contributed by atoms with Gasteiger partial charge in [0.2, 0.25) is 5.91 Å². The number of benzene rings is 2. The van der Waals surface area contributed by atoms with Crippen molar-refractivity contribution in [1.29, 1.82) is 0 Å². The molecule has 25 heavy (non-hydrogen) atoms. The predicted octanol–water partition coefficient (Wildman–Crippen LogP) is 5.55. The molecule has 0 aliphatic carbocycles. The van der Waals surface area contributed by atoms with Crippen molar-refractivity contribution >= 4 is 34.8 Å². The lowest BCUT2D eigenvalue weighted by atomic mass is 10.0. The molecule has 2 aromatic rings. The molecule has 6 heteroatoms. The third-order valence-electron chi connectivity index (χ3n) is 3.94. The highest BCUT2D eigenvalue weighted by Gasteiger charge is 2.14. The Balaban J connectivity index is 1.92. The lowest BCUT2D eigenvalue weighted by Crippen LogP contribution is -2.30. The number of hydrogen-bond acceptors (Lipinski definition) is 2. The van der Waals surface area contributed by atoms with Crippen LogP contribution in [0.1, 0.15) is 43.9 Å². The molecule has 0 saturated carbocycles. The fourth-order valence-electron chi connectivity index (χ4n) is 2.38. The van der Waals surface area contributed by atoms with E-state index in [0.29, 0.717) is 16.5 Å². The van der Waals surface area contributed by atoms with Crippen LogP contribution in [0.15, 0.2) is 36.4 Å². The molecule has 0 unspecified atom stereocenters. The zero-order chi connectivity index (χ0) is 18.6. The first-order valence-electron chi connectivity index (χ1n) is 8.05. The molecule has 2 aromatic carbocycles. The Bertz CT molecular complexity index is 748. The van der Waals surface area contributed by atoms with E-state index in [1.54, 1.807) is 6.92 Å². The lowest BCUT2D eigenvalue weighted by Gasteiger charge is -2.16. The van der Waals surface area contributed by atoms with E-state index in [-0.39, 0.29) is 23.5 Å². The third kappa shape index (κ3) is 5.43. The summed E-state index contributed by atoms with van der Waals surface area (Å²) < 4.78 is 13.6. The molecule has 0 saturated heterocycles. The Kier molecular flexibility index (Phi) is 6.82. The monoisotopic (exact) mass is 382 g/mol. The van der Waals surface area contributed by atoms with E-state index < -0.39 is 5.82 Å². The second-order valence-corrected chi connectivity index (χ2v) is 7.03. The molecule has 134 valence electrons. The van der Waals surface area contributed by atoms with Crippen LogP contribution >= 0.6 is 23.2 Å². The average molecular weight is 383 g/mol. The van der Waals surface area contributed by atoms with Crippen molar-refractivity contribution in [2.45, 2.75) is 32.7 Å². The van der Waals surface area contributed by atoms with Crippen LogP contribution < -0.4 is 10.6 Å². The molecule has 0 aliphatic rings. The van der Waals surface area contributed by atoms with Gasteiger partial charge in [0.15, 0.2) is 0 Å². The molecule has 3 nitrogen and oxygen atoms in total. The minimum Gasteiger partial charge on any atom is -0.325 e. The number of anilines is 1. The summed E-state index contributed by atoms with van der Waals surface area (Å²) in [4.78, 5) is 12.1. The van der Waals surface area contributed by atoms with E-state index in [0.717, 1.165) is 5.69 Å². The van der Waals surface area contributed by atoms with Crippen LogP contribution in [0.3, 0.4) is 0 Å². The van der Waals surface area contributed by atoms with Gasteiger partial charge in [0.05, 0.1) is 11.6 Å². The van der Waals surface area contributed by atoms with E-state index in [9.17, 15) is 9.18 Å². The highest BCUT2D eigenvalue weighted by molar-refractivity contribution is 6.35. The van der Waals surface area contributed by atoms with Gasteiger partial charge in [-0.3, -0.25) is 4.79 Å².